The molecular formula is C15H24N2O. The number of carbonyl (C=O) groups excluding carboxylic acids is 1. The summed E-state index contributed by atoms with van der Waals surface area (Å²) in [7, 11) is 0. The van der Waals surface area contributed by atoms with Crippen molar-refractivity contribution < 1.29 is 4.79 Å². The predicted molar refractivity (Wildman–Crippen MR) is 69.4 cm³/mol. The maximum Gasteiger partial charge on any atom is 0.238 e. The first-order chi connectivity index (χ1) is 8.59. The van der Waals surface area contributed by atoms with Gasteiger partial charge in [0.15, 0.2) is 0 Å². The largest absolute Gasteiger partial charge is 0.368 e. The van der Waals surface area contributed by atoms with E-state index < -0.39 is 5.54 Å². The average Bonchev–Trinajstić information content (AvgIpc) is 3.10. The second-order valence-electron chi connectivity index (χ2n) is 7.53. The zero-order valence-electron chi connectivity index (χ0n) is 11.0. The maximum atomic E-state index is 12.0. The molecule has 0 aromatic carbocycles. The molecule has 4 N–H and O–H groups in total. The number of amides is 1. The van der Waals surface area contributed by atoms with E-state index in [1.807, 2.05) is 0 Å². The highest BCUT2D eigenvalue weighted by molar-refractivity contribution is 5.86. The first-order valence-electron chi connectivity index (χ1n) is 7.67. The summed E-state index contributed by atoms with van der Waals surface area (Å²) in [6.07, 6.45) is 8.93. The maximum absolute atomic E-state index is 12.0. The van der Waals surface area contributed by atoms with Crippen LogP contribution in [0.1, 0.15) is 44.9 Å². The van der Waals surface area contributed by atoms with E-state index in [-0.39, 0.29) is 5.91 Å². The van der Waals surface area contributed by atoms with Gasteiger partial charge in [0.05, 0.1) is 0 Å². The van der Waals surface area contributed by atoms with E-state index in [1.54, 1.807) is 0 Å². The van der Waals surface area contributed by atoms with E-state index in [0.29, 0.717) is 23.7 Å². The standard InChI is InChI=1S/C15H24N2O/c16-14(18)15(17,12-1-2-12)13-10-4-8-3-9(6-10)7-11(13)5-8/h8-13H,1-7,17H2,(H2,16,18). The molecule has 1 unspecified atom stereocenters. The van der Waals surface area contributed by atoms with Gasteiger partial charge < -0.3 is 11.5 Å². The summed E-state index contributed by atoms with van der Waals surface area (Å²) in [5, 5.41) is 0. The summed E-state index contributed by atoms with van der Waals surface area (Å²) in [6.45, 7) is 0. The van der Waals surface area contributed by atoms with Gasteiger partial charge in [0.1, 0.15) is 5.54 Å². The van der Waals surface area contributed by atoms with E-state index in [1.165, 1.54) is 32.1 Å². The molecule has 0 spiro atoms. The van der Waals surface area contributed by atoms with E-state index in [2.05, 4.69) is 0 Å². The number of rotatable bonds is 3. The molecule has 5 saturated carbocycles. The molecule has 3 heteroatoms. The molecule has 18 heavy (non-hydrogen) atoms. The van der Waals surface area contributed by atoms with Crippen LogP contribution in [0.5, 0.6) is 0 Å². The third-order valence-electron chi connectivity index (χ3n) is 6.46. The zero-order valence-corrected chi connectivity index (χ0v) is 11.0. The third-order valence-corrected chi connectivity index (χ3v) is 6.46. The van der Waals surface area contributed by atoms with Crippen molar-refractivity contribution in [1.29, 1.82) is 0 Å². The minimum Gasteiger partial charge on any atom is -0.368 e. The molecule has 4 bridgehead atoms. The SMILES string of the molecule is NC(=O)C(N)(C1CC1)C1C2CC3CC(C2)CC1C3. The Kier molecular flexibility index (Phi) is 2.19. The van der Waals surface area contributed by atoms with Crippen LogP contribution in [0.25, 0.3) is 0 Å². The van der Waals surface area contributed by atoms with Gasteiger partial charge in [0.25, 0.3) is 0 Å². The fourth-order valence-corrected chi connectivity index (χ4v) is 5.90. The van der Waals surface area contributed by atoms with Gasteiger partial charge in [-0.1, -0.05) is 0 Å². The van der Waals surface area contributed by atoms with Crippen molar-refractivity contribution in [2.24, 2.45) is 47.0 Å². The van der Waals surface area contributed by atoms with Gasteiger partial charge in [-0.15, -0.1) is 0 Å². The molecule has 1 amide bonds. The Morgan fingerprint density at radius 2 is 1.44 bits per heavy atom. The van der Waals surface area contributed by atoms with Crippen LogP contribution in [0.3, 0.4) is 0 Å². The predicted octanol–water partition coefficient (Wildman–Crippen LogP) is 1.65. The zero-order chi connectivity index (χ0) is 12.5. The van der Waals surface area contributed by atoms with Crippen LogP contribution in [0, 0.1) is 35.5 Å². The van der Waals surface area contributed by atoms with Gasteiger partial charge in [0.2, 0.25) is 5.91 Å². The molecule has 5 aliphatic rings. The van der Waals surface area contributed by atoms with Crippen LogP contribution in [0.2, 0.25) is 0 Å². The Labute approximate surface area is 109 Å². The van der Waals surface area contributed by atoms with Crippen molar-refractivity contribution in [3.63, 3.8) is 0 Å². The summed E-state index contributed by atoms with van der Waals surface area (Å²) < 4.78 is 0. The number of hydrogen-bond donors (Lipinski definition) is 2. The summed E-state index contributed by atoms with van der Waals surface area (Å²) in [4.78, 5) is 12.0. The van der Waals surface area contributed by atoms with Crippen molar-refractivity contribution in [1.82, 2.24) is 0 Å². The molecule has 5 fully saturated rings. The van der Waals surface area contributed by atoms with Crippen LogP contribution in [0.4, 0.5) is 0 Å². The van der Waals surface area contributed by atoms with Crippen LogP contribution in [-0.2, 0) is 4.79 Å². The minimum absolute atomic E-state index is 0.220. The van der Waals surface area contributed by atoms with Crippen LogP contribution in [-0.4, -0.2) is 11.4 Å². The van der Waals surface area contributed by atoms with Gasteiger partial charge in [-0.2, -0.15) is 0 Å². The monoisotopic (exact) mass is 248 g/mol. The minimum atomic E-state index is -0.678. The second kappa shape index (κ2) is 3.50. The normalized spacial score (nSPS) is 49.1. The van der Waals surface area contributed by atoms with E-state index in [9.17, 15) is 4.79 Å². The molecule has 5 rings (SSSR count). The van der Waals surface area contributed by atoms with Gasteiger partial charge in [0, 0.05) is 0 Å². The quantitative estimate of drug-likeness (QED) is 0.797. The highest BCUT2D eigenvalue weighted by Crippen LogP contribution is 2.61. The van der Waals surface area contributed by atoms with Gasteiger partial charge in [-0.3, -0.25) is 4.79 Å². The Morgan fingerprint density at radius 3 is 1.83 bits per heavy atom. The van der Waals surface area contributed by atoms with Crippen molar-refractivity contribution in [2.75, 3.05) is 0 Å². The highest BCUT2D eigenvalue weighted by Gasteiger charge is 2.60. The van der Waals surface area contributed by atoms with E-state index in [4.69, 9.17) is 11.5 Å². The Hall–Kier alpha value is -0.570. The smallest absolute Gasteiger partial charge is 0.238 e. The van der Waals surface area contributed by atoms with E-state index in [0.717, 1.165) is 24.7 Å². The lowest BCUT2D eigenvalue weighted by atomic mass is 9.47. The lowest BCUT2D eigenvalue weighted by molar-refractivity contribution is -0.136. The summed E-state index contributed by atoms with van der Waals surface area (Å²) >= 11 is 0. The first kappa shape index (κ1) is 11.3. The molecule has 0 aromatic rings. The average molecular weight is 248 g/mol. The highest BCUT2D eigenvalue weighted by atomic mass is 16.1. The van der Waals surface area contributed by atoms with Crippen molar-refractivity contribution in [3.8, 4) is 0 Å². The molecule has 0 aliphatic heterocycles. The molecule has 0 aromatic heterocycles. The number of nitrogens with two attached hydrogens (primary N) is 2. The number of primary amides is 1. The van der Waals surface area contributed by atoms with Crippen molar-refractivity contribution in [3.05, 3.63) is 0 Å². The molecule has 0 heterocycles. The summed E-state index contributed by atoms with van der Waals surface area (Å²) in [6, 6.07) is 0. The van der Waals surface area contributed by atoms with Crippen molar-refractivity contribution >= 4 is 5.91 Å². The lowest BCUT2D eigenvalue weighted by Crippen LogP contribution is -2.66. The molecule has 1 atom stereocenters. The molecule has 0 radical (unpaired) electrons. The Balaban J connectivity index is 1.69. The molecule has 3 nitrogen and oxygen atoms in total. The van der Waals surface area contributed by atoms with Gasteiger partial charge in [-0.25, -0.2) is 0 Å². The number of carbonyl (C=O) groups is 1. The van der Waals surface area contributed by atoms with E-state index >= 15 is 0 Å². The molecule has 0 saturated heterocycles. The van der Waals surface area contributed by atoms with Crippen LogP contribution < -0.4 is 11.5 Å². The van der Waals surface area contributed by atoms with Gasteiger partial charge >= 0.3 is 0 Å². The fraction of sp³-hybridized carbons (Fsp3) is 0.933. The molecule has 5 aliphatic carbocycles. The van der Waals surface area contributed by atoms with Crippen LogP contribution >= 0.6 is 0 Å². The third kappa shape index (κ3) is 1.37. The topological polar surface area (TPSA) is 69.1 Å². The second-order valence-corrected chi connectivity index (χ2v) is 7.53. The van der Waals surface area contributed by atoms with Gasteiger partial charge in [-0.05, 0) is 80.5 Å². The lowest BCUT2D eigenvalue weighted by Gasteiger charge is -2.58. The molecular weight excluding hydrogens is 224 g/mol. The summed E-state index contributed by atoms with van der Waals surface area (Å²) in [5.74, 6) is 3.81. The molecule has 100 valence electrons. The first-order valence-corrected chi connectivity index (χ1v) is 7.67. The summed E-state index contributed by atoms with van der Waals surface area (Å²) in [5.41, 5.74) is 11.6. The fourth-order valence-electron chi connectivity index (χ4n) is 5.90. The Bertz CT molecular complexity index is 362. The van der Waals surface area contributed by atoms with Crippen LogP contribution in [0.15, 0.2) is 0 Å². The number of hydrogen-bond acceptors (Lipinski definition) is 2. The Morgan fingerprint density at radius 1 is 0.944 bits per heavy atom. The van der Waals surface area contributed by atoms with Crippen molar-refractivity contribution in [2.45, 2.75) is 50.5 Å².